The van der Waals surface area contributed by atoms with Crippen LogP contribution in [0.5, 0.6) is 0 Å². The monoisotopic (exact) mass is 585 g/mol. The molecule has 0 saturated carbocycles. The average Bonchev–Trinajstić information content (AvgIpc) is 3.00. The van der Waals surface area contributed by atoms with Crippen LogP contribution in [-0.4, -0.2) is 52.0 Å². The zero-order valence-electron chi connectivity index (χ0n) is 25.2. The van der Waals surface area contributed by atoms with Crippen molar-refractivity contribution < 1.29 is 4.57 Å². The fourth-order valence-corrected chi connectivity index (χ4v) is 6.19. The molecule has 0 bridgehead atoms. The molecule has 0 aliphatic heterocycles. The minimum Gasteiger partial charge on any atom is -0.374 e. The molecule has 0 amide bonds. The molecule has 2 aromatic carbocycles. The van der Waals surface area contributed by atoms with Crippen molar-refractivity contribution in [1.82, 2.24) is 0 Å². The van der Waals surface area contributed by atoms with Gasteiger partial charge in [-0.15, -0.1) is 0 Å². The van der Waals surface area contributed by atoms with Gasteiger partial charge >= 0.3 is 0 Å². The Morgan fingerprint density at radius 1 is 0.780 bits per heavy atom. The molecule has 4 nitrogen and oxygen atoms in total. The van der Waals surface area contributed by atoms with Crippen molar-refractivity contribution in [2.75, 3.05) is 55.5 Å². The van der Waals surface area contributed by atoms with Crippen molar-refractivity contribution >= 4 is 57.4 Å². The Kier molecular flexibility index (Phi) is 14.4. The number of hydrogen-bond acceptors (Lipinski definition) is 5. The van der Waals surface area contributed by atoms with Gasteiger partial charge in [0.2, 0.25) is 5.69 Å². The molecule has 0 N–H and O–H groups in total. The minimum atomic E-state index is 0.999. The Balaban J connectivity index is 1.32. The fraction of sp³-hybridized carbons (Fsp3) is 0.314. The molecule has 3 rings (SSSR count). The number of aliphatic imine (C=N–C) groups is 1. The van der Waals surface area contributed by atoms with E-state index < -0.39 is 0 Å². The van der Waals surface area contributed by atoms with Crippen LogP contribution in [0, 0.1) is 0 Å². The molecular weight excluding hydrogens is 541 g/mol. The lowest BCUT2D eigenvalue weighted by Gasteiger charge is -2.20. The molecule has 0 fully saturated rings. The fourth-order valence-electron chi connectivity index (χ4n) is 4.11. The van der Waals surface area contributed by atoms with Crippen LogP contribution in [-0.2, 0) is 7.05 Å². The normalized spacial score (nSPS) is 12.2. The number of benzene rings is 2. The number of aromatic nitrogens is 1. The Bertz CT molecular complexity index is 1290. The summed E-state index contributed by atoms with van der Waals surface area (Å²) in [5.41, 5.74) is 7.42. The van der Waals surface area contributed by atoms with E-state index in [-0.39, 0.29) is 0 Å². The van der Waals surface area contributed by atoms with E-state index >= 15 is 0 Å². The van der Waals surface area contributed by atoms with E-state index in [1.54, 1.807) is 0 Å². The van der Waals surface area contributed by atoms with Gasteiger partial charge in [-0.05, 0) is 73.5 Å². The first-order valence-corrected chi connectivity index (χ1v) is 16.7. The summed E-state index contributed by atoms with van der Waals surface area (Å²) in [6, 6.07) is 23.9. The molecule has 0 atom stereocenters. The number of hydrogen-bond donors (Lipinski definition) is 0. The summed E-state index contributed by atoms with van der Waals surface area (Å²) >= 11 is 0. The molecule has 0 saturated heterocycles. The average molecular weight is 586 g/mol. The lowest BCUT2D eigenvalue weighted by atomic mass is 10.1. The lowest BCUT2D eigenvalue weighted by Crippen LogP contribution is -2.30. The second-order valence-corrected chi connectivity index (χ2v) is 12.7. The molecule has 1 aromatic heterocycles. The van der Waals surface area contributed by atoms with Gasteiger partial charge in [0, 0.05) is 75.3 Å². The number of anilines is 2. The van der Waals surface area contributed by atoms with Crippen LogP contribution in [0.4, 0.5) is 11.4 Å². The standard InChI is InChI=1S/C35H45N4S2/c1-30(10-6-8-24-36-2)12-13-31-15-20-34(21-16-31)38(4)26-28-40-41-29-27-39(5)35-22-17-32(18-23-35)14-19-33-11-7-9-25-37(33)3/h7,9-25H,6,8,26-29H2,1-5H3/q+1/b13-12+,30-10+,36-24?. The van der Waals surface area contributed by atoms with Gasteiger partial charge in [0.25, 0.3) is 0 Å². The SMILES string of the molecule is CN=CCC/C=C(C)/C=C/c1ccc(N(C)CCSSCCN(C)c2ccc(/C=C/c3cccc[n+]3C)cc2)cc1. The van der Waals surface area contributed by atoms with Crippen LogP contribution in [0.25, 0.3) is 18.2 Å². The molecule has 0 unspecified atom stereocenters. The van der Waals surface area contributed by atoms with Gasteiger partial charge in [-0.3, -0.25) is 0 Å². The molecule has 216 valence electrons. The van der Waals surface area contributed by atoms with Crippen molar-refractivity contribution in [3.63, 3.8) is 0 Å². The quantitative estimate of drug-likeness (QED) is 0.0557. The van der Waals surface area contributed by atoms with E-state index in [0.717, 1.165) is 37.4 Å². The zero-order chi connectivity index (χ0) is 29.3. The highest BCUT2D eigenvalue weighted by molar-refractivity contribution is 8.76. The molecule has 41 heavy (non-hydrogen) atoms. The number of aryl methyl sites for hydroxylation is 1. The summed E-state index contributed by atoms with van der Waals surface area (Å²) in [6.45, 7) is 4.21. The molecule has 6 heteroatoms. The van der Waals surface area contributed by atoms with Gasteiger partial charge in [-0.25, -0.2) is 4.57 Å². The summed E-state index contributed by atoms with van der Waals surface area (Å²) < 4.78 is 2.12. The maximum atomic E-state index is 4.03. The van der Waals surface area contributed by atoms with Crippen molar-refractivity contribution in [2.45, 2.75) is 19.8 Å². The number of allylic oxidation sites excluding steroid dienone is 3. The molecule has 0 radical (unpaired) electrons. The van der Waals surface area contributed by atoms with Crippen molar-refractivity contribution in [2.24, 2.45) is 12.0 Å². The van der Waals surface area contributed by atoms with Gasteiger partial charge < -0.3 is 14.8 Å². The topological polar surface area (TPSA) is 22.7 Å². The third-order valence-electron chi connectivity index (χ3n) is 6.80. The Morgan fingerprint density at radius 2 is 1.37 bits per heavy atom. The molecule has 0 spiro atoms. The number of rotatable bonds is 16. The first kappa shape index (κ1) is 32.3. The largest absolute Gasteiger partial charge is 0.374 e. The lowest BCUT2D eigenvalue weighted by molar-refractivity contribution is -0.673. The van der Waals surface area contributed by atoms with Gasteiger partial charge in [0.15, 0.2) is 6.20 Å². The molecular formula is C35H45N4S2+. The highest BCUT2D eigenvalue weighted by atomic mass is 33.1. The van der Waals surface area contributed by atoms with Crippen LogP contribution in [0.2, 0.25) is 0 Å². The van der Waals surface area contributed by atoms with Gasteiger partial charge in [-0.1, -0.05) is 69.7 Å². The molecule has 3 aromatic rings. The Hall–Kier alpha value is -3.22. The van der Waals surface area contributed by atoms with Crippen LogP contribution in [0.1, 0.15) is 36.6 Å². The van der Waals surface area contributed by atoms with Crippen molar-refractivity contribution in [1.29, 1.82) is 0 Å². The molecule has 0 aliphatic carbocycles. The summed E-state index contributed by atoms with van der Waals surface area (Å²) in [7, 11) is 12.2. The van der Waals surface area contributed by atoms with Gasteiger partial charge in [0.1, 0.15) is 7.05 Å². The zero-order valence-corrected chi connectivity index (χ0v) is 26.9. The van der Waals surface area contributed by atoms with Gasteiger partial charge in [0.05, 0.1) is 0 Å². The highest BCUT2D eigenvalue weighted by Gasteiger charge is 2.04. The van der Waals surface area contributed by atoms with E-state index in [2.05, 4.69) is 145 Å². The Morgan fingerprint density at radius 3 is 1.93 bits per heavy atom. The predicted octanol–water partition coefficient (Wildman–Crippen LogP) is 8.08. The highest BCUT2D eigenvalue weighted by Crippen LogP contribution is 2.24. The number of nitrogens with zero attached hydrogens (tertiary/aromatic N) is 4. The second-order valence-electron chi connectivity index (χ2n) is 10.0. The van der Waals surface area contributed by atoms with E-state index in [1.165, 1.54) is 33.8 Å². The van der Waals surface area contributed by atoms with E-state index in [1.807, 2.05) is 40.9 Å². The van der Waals surface area contributed by atoms with E-state index in [4.69, 9.17) is 0 Å². The van der Waals surface area contributed by atoms with Crippen LogP contribution in [0.15, 0.2) is 95.6 Å². The van der Waals surface area contributed by atoms with Crippen LogP contribution in [0.3, 0.4) is 0 Å². The molecule has 1 heterocycles. The first-order chi connectivity index (χ1) is 20.0. The third kappa shape index (κ3) is 12.0. The maximum absolute atomic E-state index is 4.03. The summed E-state index contributed by atoms with van der Waals surface area (Å²) in [5.74, 6) is 2.19. The second kappa shape index (κ2) is 18.3. The van der Waals surface area contributed by atoms with E-state index in [0.29, 0.717) is 0 Å². The number of unbranched alkanes of at least 4 members (excludes halogenated alkanes) is 1. The summed E-state index contributed by atoms with van der Waals surface area (Å²) in [4.78, 5) is 8.70. The number of pyridine rings is 1. The maximum Gasteiger partial charge on any atom is 0.204 e. The Labute approximate surface area is 256 Å². The van der Waals surface area contributed by atoms with Crippen molar-refractivity contribution in [3.8, 4) is 0 Å². The minimum absolute atomic E-state index is 0.999. The van der Waals surface area contributed by atoms with Crippen molar-refractivity contribution in [3.05, 3.63) is 107 Å². The van der Waals surface area contributed by atoms with Crippen LogP contribution >= 0.6 is 21.6 Å². The molecule has 0 aliphatic rings. The third-order valence-corrected chi connectivity index (χ3v) is 9.16. The van der Waals surface area contributed by atoms with Crippen LogP contribution < -0.4 is 14.4 Å². The summed E-state index contributed by atoms with van der Waals surface area (Å²) in [6.07, 6.45) is 17.0. The van der Waals surface area contributed by atoms with Gasteiger partial charge in [-0.2, -0.15) is 0 Å². The smallest absolute Gasteiger partial charge is 0.204 e. The summed E-state index contributed by atoms with van der Waals surface area (Å²) in [5, 5.41) is 0. The van der Waals surface area contributed by atoms with E-state index in [9.17, 15) is 0 Å². The first-order valence-electron chi connectivity index (χ1n) is 14.2. The predicted molar refractivity (Wildman–Crippen MR) is 187 cm³/mol.